The van der Waals surface area contributed by atoms with Gasteiger partial charge in [0.25, 0.3) is 0 Å². The van der Waals surface area contributed by atoms with Crippen molar-refractivity contribution < 1.29 is 27.1 Å². The van der Waals surface area contributed by atoms with Crippen LogP contribution in [0.3, 0.4) is 0 Å². The average Bonchev–Trinajstić information content (AvgIpc) is 3.24. The van der Waals surface area contributed by atoms with Gasteiger partial charge in [-0.3, -0.25) is 19.7 Å². The van der Waals surface area contributed by atoms with Crippen LogP contribution in [0.1, 0.15) is 10.4 Å². The van der Waals surface area contributed by atoms with Crippen molar-refractivity contribution in [1.29, 1.82) is 0 Å². The van der Waals surface area contributed by atoms with E-state index in [9.17, 15) is 22.4 Å². The van der Waals surface area contributed by atoms with Crippen LogP contribution in [0.25, 0.3) is 11.3 Å². The third-order valence-corrected chi connectivity index (χ3v) is 250. The van der Waals surface area contributed by atoms with Crippen LogP contribution in [0.15, 0.2) is 70.5 Å². The highest BCUT2D eigenvalue weighted by molar-refractivity contribution is 9.47. The standard InChI is InChI=1S/C11H6F2N2O.C7H5BrF2O.C4H3BrN2.H38P36/c12-9-3-7(4-10(13)8(9)6-16)11-5-14-1-2-15-11;1-11-7-5(9)2-4(8)3-6(7)10;5-4-3-6-1-2-7-4;1-20(2)29(19)34(30(21(3)4)22(5)6)36(33(27(15)16)28(17)18)35(31(23(7)8)24(9)10)32(25(11)12)26(13)14/h1-6H;2-3H,1H3;1-3H;1-19H2. The van der Waals surface area contributed by atoms with Crippen LogP contribution in [0.5, 0.6) is 5.75 Å². The topological polar surface area (TPSA) is 77.9 Å². The van der Waals surface area contributed by atoms with Gasteiger partial charge in [-0.05, 0) is 159 Å². The van der Waals surface area contributed by atoms with Gasteiger partial charge in [0.2, 0.25) is 0 Å². The Balaban J connectivity index is 0.000000575. The van der Waals surface area contributed by atoms with Gasteiger partial charge in [0.05, 0.1) is 30.8 Å². The maximum Gasteiger partial charge on any atom is 0.190 e. The van der Waals surface area contributed by atoms with E-state index in [-0.39, 0.29) is 136 Å². The molecule has 48 heteroatoms. The van der Waals surface area contributed by atoms with Crippen molar-refractivity contribution in [2.75, 3.05) is 7.11 Å². The van der Waals surface area contributed by atoms with E-state index in [0.717, 1.165) is 28.9 Å². The van der Waals surface area contributed by atoms with Crippen LogP contribution >= 0.6 is 320 Å². The number of halogens is 6. The van der Waals surface area contributed by atoms with Crippen molar-refractivity contribution in [2.45, 2.75) is 0 Å². The fourth-order valence-corrected chi connectivity index (χ4v) is 482. The van der Waals surface area contributed by atoms with E-state index in [4.69, 9.17) is 0 Å². The first-order valence-electron chi connectivity index (χ1n) is 17.2. The first-order valence-corrected chi connectivity index (χ1v) is 83.6. The van der Waals surface area contributed by atoms with Crippen LogP contribution in [0, 0.1) is 23.3 Å². The Bertz CT molecular complexity index is 2040. The molecule has 0 aliphatic carbocycles. The highest BCUT2D eigenvalue weighted by Gasteiger charge is 2.53. The molecule has 0 saturated carbocycles. The fourth-order valence-electron chi connectivity index (χ4n) is 4.27. The Morgan fingerprint density at radius 3 is 1.10 bits per heavy atom. The fraction of sp³-hybridized carbons (Fsp3) is 0.0455. The minimum absolute atomic E-state index is 0.0106. The number of carbonyl (C=O) groups is 1. The van der Waals surface area contributed by atoms with Gasteiger partial charge < -0.3 is 4.74 Å². The molecule has 4 rings (SSSR count). The summed E-state index contributed by atoms with van der Waals surface area (Å²) in [6, 6.07) is 4.39. The number of nitrogens with zero attached hydrogens (tertiary/aromatic N) is 4. The molecule has 0 radical (unpaired) electrons. The number of hydrogen-bond acceptors (Lipinski definition) is 6. The molecule has 2 aromatic heterocycles. The molecular formula is C22H52Br2F4N4O2P36. The predicted octanol–water partition coefficient (Wildman–Crippen LogP) is 27.0. The van der Waals surface area contributed by atoms with Crippen molar-refractivity contribution in [2.24, 2.45) is 0 Å². The Morgan fingerprint density at radius 1 is 0.471 bits per heavy atom. The Labute approximate surface area is 491 Å². The first-order chi connectivity index (χ1) is 32.6. The van der Waals surface area contributed by atoms with Crippen LogP contribution in [0.4, 0.5) is 17.6 Å². The van der Waals surface area contributed by atoms with E-state index in [1.165, 1.54) is 25.7 Å². The smallest absolute Gasteiger partial charge is 0.190 e. The van der Waals surface area contributed by atoms with E-state index in [0.29, 0.717) is 10.2 Å². The van der Waals surface area contributed by atoms with Gasteiger partial charge in [0.15, 0.2) is 23.7 Å². The maximum atomic E-state index is 13.3. The quantitative estimate of drug-likeness (QED) is 0.0529. The van der Waals surface area contributed by atoms with Gasteiger partial charge in [-0.25, -0.2) is 22.5 Å². The SMILES string of the molecule is Brc1cnccn1.COc1c(F)cc(Br)cc1F.O=Cc1c(F)cc(-c2cnccn2)cc1F.PP(P)P(P)P(P(P(P)P)P(P)P)P(P(P(P)P)P(P)P)P(P(P(P)P)P(P)P)P(P(P)P)P(P)P. The largest absolute Gasteiger partial charge is 0.491 e. The third kappa shape index (κ3) is 28.8. The number of carbonyl (C=O) groups excluding carboxylic acids is 1. The monoisotopic (exact) mass is 1750 g/mol. The molecule has 0 N–H and O–H groups in total. The summed E-state index contributed by atoms with van der Waals surface area (Å²) in [5.74, 6) is -3.58. The van der Waals surface area contributed by atoms with Gasteiger partial charge in [-0.1, -0.05) is 15.9 Å². The second kappa shape index (κ2) is 43.8. The number of aromatic nitrogens is 4. The number of ether oxygens (including phenoxy) is 1. The maximum absolute atomic E-state index is 13.3. The summed E-state index contributed by atoms with van der Waals surface area (Å²) in [4.78, 5) is 25.7. The van der Waals surface area contributed by atoms with Crippen LogP contribution < -0.4 is 4.74 Å². The number of benzene rings is 2. The highest BCUT2D eigenvalue weighted by Crippen LogP contribution is 3.41. The molecule has 0 saturated heterocycles. The Hall–Kier alpha value is 12.2. The van der Waals surface area contributed by atoms with Crippen molar-refractivity contribution in [1.82, 2.24) is 19.9 Å². The number of aldehydes is 1. The summed E-state index contributed by atoms with van der Waals surface area (Å²) < 4.78 is 57.6. The molecule has 394 valence electrons. The lowest BCUT2D eigenvalue weighted by molar-refractivity contribution is 0.111. The zero-order valence-electron chi connectivity index (χ0n) is 35.8. The molecule has 0 spiro atoms. The molecule has 2 heterocycles. The molecular weight excluding hydrogens is 1700 g/mol. The zero-order valence-corrected chi connectivity index (χ0v) is 76.1. The average molecular weight is 1760 g/mol. The molecule has 4 aromatic rings. The molecule has 22 atom stereocenters. The van der Waals surface area contributed by atoms with E-state index in [1.54, 1.807) is 18.6 Å². The van der Waals surface area contributed by atoms with Crippen LogP contribution in [0.2, 0.25) is 0 Å². The zero-order chi connectivity index (χ0) is 53.9. The van der Waals surface area contributed by atoms with Crippen molar-refractivity contribution in [3.05, 3.63) is 99.4 Å². The predicted molar refractivity (Wildman–Crippen MR) is 425 cm³/mol. The lowest BCUT2D eigenvalue weighted by Gasteiger charge is -2.54. The second-order valence-corrected chi connectivity index (χ2v) is 159. The van der Waals surface area contributed by atoms with Gasteiger partial charge in [0.1, 0.15) is 16.2 Å². The summed E-state index contributed by atoms with van der Waals surface area (Å²) in [6.07, 6.45) is 9.30. The number of rotatable bonds is 19. The second-order valence-electron chi connectivity index (χ2n) is 11.6. The Morgan fingerprint density at radius 2 is 0.829 bits per heavy atom. The van der Waals surface area contributed by atoms with E-state index in [2.05, 4.69) is 226 Å². The van der Waals surface area contributed by atoms with Gasteiger partial charge in [-0.2, -0.15) is 0 Å². The summed E-state index contributed by atoms with van der Waals surface area (Å²) >= 11 is 6.08. The number of methoxy groups -OCH3 is 1. The molecule has 0 amide bonds. The van der Waals surface area contributed by atoms with Crippen LogP contribution in [-0.2, 0) is 0 Å². The molecule has 0 aliphatic heterocycles. The van der Waals surface area contributed by atoms with Crippen molar-refractivity contribution in [3.8, 4) is 17.0 Å². The molecule has 0 fully saturated rings. The normalized spacial score (nSPS) is 13.3. The third-order valence-electron chi connectivity index (χ3n) is 6.79. The van der Waals surface area contributed by atoms with E-state index >= 15 is 0 Å². The van der Waals surface area contributed by atoms with Gasteiger partial charge in [0, 0.05) is 34.8 Å². The van der Waals surface area contributed by atoms with E-state index in [1.807, 2.05) is 0 Å². The first kappa shape index (κ1) is 80.2. The molecule has 0 aliphatic rings. The van der Waals surface area contributed by atoms with Gasteiger partial charge in [-0.15, -0.1) is 170 Å². The molecule has 6 nitrogen and oxygen atoms in total. The van der Waals surface area contributed by atoms with Crippen molar-refractivity contribution >= 4 is 327 Å². The highest BCUT2D eigenvalue weighted by atomic mass is 79.9. The van der Waals surface area contributed by atoms with Gasteiger partial charge >= 0.3 is 0 Å². The summed E-state index contributed by atoms with van der Waals surface area (Å²) in [5.41, 5.74) is 0.0130. The Kier molecular flexibility index (Phi) is 50.2. The molecule has 2 aromatic carbocycles. The summed E-state index contributed by atoms with van der Waals surface area (Å²) in [6.45, 7) is -1.09. The molecule has 70 heavy (non-hydrogen) atoms. The molecule has 0 bridgehead atoms. The lowest BCUT2D eigenvalue weighted by atomic mass is 10.1. The minimum Gasteiger partial charge on any atom is -0.491 e. The summed E-state index contributed by atoms with van der Waals surface area (Å²) in [5, 5.41) is 0. The van der Waals surface area contributed by atoms with Crippen LogP contribution in [-0.4, -0.2) is 33.3 Å². The lowest BCUT2D eigenvalue weighted by Crippen LogP contribution is -1.95. The minimum atomic E-state index is -0.907. The summed E-state index contributed by atoms with van der Waals surface area (Å²) in [7, 11) is 64.9. The molecule has 22 unspecified atom stereocenters. The van der Waals surface area contributed by atoms with Crippen molar-refractivity contribution in [3.63, 3.8) is 0 Å². The van der Waals surface area contributed by atoms with E-state index < -0.39 is 28.8 Å². The number of hydrogen-bond donors (Lipinski definition) is 0.